The van der Waals surface area contributed by atoms with Crippen molar-refractivity contribution < 1.29 is 18.3 Å². The highest BCUT2D eigenvalue weighted by atomic mass is 32.1. The predicted octanol–water partition coefficient (Wildman–Crippen LogP) is 5.82. The van der Waals surface area contributed by atoms with E-state index in [-0.39, 0.29) is 24.0 Å². The average Bonchev–Trinajstić information content (AvgIpc) is 3.42. The number of anilines is 1. The fourth-order valence-electron chi connectivity index (χ4n) is 3.45. The normalized spacial score (nSPS) is 11.2. The maximum atomic E-state index is 13.7. The summed E-state index contributed by atoms with van der Waals surface area (Å²) in [7, 11) is 0. The zero-order valence-electron chi connectivity index (χ0n) is 17.1. The molecule has 0 radical (unpaired) electrons. The van der Waals surface area contributed by atoms with E-state index in [2.05, 4.69) is 9.97 Å². The number of para-hydroxylation sites is 1. The van der Waals surface area contributed by atoms with Gasteiger partial charge in [0.2, 0.25) is 0 Å². The Kier molecular flexibility index (Phi) is 5.28. The summed E-state index contributed by atoms with van der Waals surface area (Å²) >= 11 is 1.25. The third-order valence-corrected chi connectivity index (χ3v) is 5.94. The van der Waals surface area contributed by atoms with Crippen LogP contribution in [-0.4, -0.2) is 22.5 Å². The molecule has 5 aromatic rings. The molecule has 0 aliphatic rings. The molecule has 160 valence electrons. The molecule has 3 heterocycles. The van der Waals surface area contributed by atoms with Gasteiger partial charge in [0.1, 0.15) is 5.82 Å². The summed E-state index contributed by atoms with van der Waals surface area (Å²) in [6.07, 6.45) is 3.36. The lowest BCUT2D eigenvalue weighted by molar-refractivity contribution is 0.0960. The van der Waals surface area contributed by atoms with Gasteiger partial charge in [0.15, 0.2) is 22.2 Å². The second-order valence-corrected chi connectivity index (χ2v) is 8.09. The molecule has 8 heteroatoms. The maximum absolute atomic E-state index is 13.7. The second-order valence-electron chi connectivity index (χ2n) is 7.08. The van der Waals surface area contributed by atoms with Crippen LogP contribution in [0.4, 0.5) is 9.52 Å². The van der Waals surface area contributed by atoms with Crippen molar-refractivity contribution in [1.29, 1.82) is 0 Å². The Hall–Kier alpha value is -3.78. The van der Waals surface area contributed by atoms with Gasteiger partial charge in [-0.15, -0.1) is 0 Å². The van der Waals surface area contributed by atoms with Crippen LogP contribution >= 0.6 is 11.3 Å². The standard InChI is InChI=1S/C24H18FN3O3S/c1-2-30-19-7-3-6-16-11-20(31-22(16)19)23(29)28(14-15-5-4-10-26-13-15)24-27-18-9-8-17(25)12-21(18)32-24/h3-13H,2,14H2,1H3. The fraction of sp³-hybridized carbons (Fsp3) is 0.125. The Balaban J connectivity index is 1.58. The Bertz CT molecular complexity index is 1410. The van der Waals surface area contributed by atoms with E-state index in [1.54, 1.807) is 36.7 Å². The van der Waals surface area contributed by atoms with Crippen LogP contribution in [0.2, 0.25) is 0 Å². The molecule has 0 bridgehead atoms. The van der Waals surface area contributed by atoms with Crippen molar-refractivity contribution >= 4 is 43.6 Å². The van der Waals surface area contributed by atoms with Crippen molar-refractivity contribution in [3.63, 3.8) is 0 Å². The van der Waals surface area contributed by atoms with Gasteiger partial charge in [0.05, 0.1) is 23.4 Å². The van der Waals surface area contributed by atoms with E-state index in [9.17, 15) is 9.18 Å². The molecular weight excluding hydrogens is 429 g/mol. The molecule has 0 spiro atoms. The quantitative estimate of drug-likeness (QED) is 0.328. The summed E-state index contributed by atoms with van der Waals surface area (Å²) in [6.45, 7) is 2.61. The van der Waals surface area contributed by atoms with Crippen LogP contribution in [0, 0.1) is 5.82 Å². The van der Waals surface area contributed by atoms with Gasteiger partial charge in [0.25, 0.3) is 5.91 Å². The van der Waals surface area contributed by atoms with Gasteiger partial charge < -0.3 is 9.15 Å². The SMILES string of the molecule is CCOc1cccc2cc(C(=O)N(Cc3cccnc3)c3nc4ccc(F)cc4s3)oc12. The van der Waals surface area contributed by atoms with E-state index in [0.29, 0.717) is 33.3 Å². The summed E-state index contributed by atoms with van der Waals surface area (Å²) in [4.78, 5) is 23.8. The van der Waals surface area contributed by atoms with E-state index < -0.39 is 0 Å². The molecular formula is C24H18FN3O3S. The largest absolute Gasteiger partial charge is 0.490 e. The highest BCUT2D eigenvalue weighted by molar-refractivity contribution is 7.22. The number of ether oxygens (including phenoxy) is 1. The molecule has 1 amide bonds. The molecule has 0 aliphatic carbocycles. The number of halogens is 1. The molecule has 32 heavy (non-hydrogen) atoms. The lowest BCUT2D eigenvalue weighted by Crippen LogP contribution is -2.30. The number of hydrogen-bond acceptors (Lipinski definition) is 6. The van der Waals surface area contributed by atoms with E-state index in [1.807, 2.05) is 25.1 Å². The molecule has 0 unspecified atom stereocenters. The Morgan fingerprint density at radius 3 is 2.91 bits per heavy atom. The van der Waals surface area contributed by atoms with Gasteiger partial charge in [-0.3, -0.25) is 14.7 Å². The van der Waals surface area contributed by atoms with Crippen molar-refractivity contribution in [2.45, 2.75) is 13.5 Å². The van der Waals surface area contributed by atoms with Gasteiger partial charge in [-0.05, 0) is 48.9 Å². The summed E-state index contributed by atoms with van der Waals surface area (Å²) in [5.41, 5.74) is 1.97. The number of nitrogens with zero attached hydrogens (tertiary/aromatic N) is 3. The second kappa shape index (κ2) is 8.39. The molecule has 0 aliphatic heterocycles. The number of fused-ring (bicyclic) bond motifs is 2. The zero-order valence-corrected chi connectivity index (χ0v) is 17.9. The van der Waals surface area contributed by atoms with E-state index >= 15 is 0 Å². The molecule has 2 aromatic carbocycles. The molecule has 0 saturated heterocycles. The highest BCUT2D eigenvalue weighted by Crippen LogP contribution is 2.33. The first kappa shape index (κ1) is 20.1. The van der Waals surface area contributed by atoms with E-state index in [0.717, 1.165) is 10.9 Å². The number of hydrogen-bond donors (Lipinski definition) is 0. The first-order valence-corrected chi connectivity index (χ1v) is 10.9. The van der Waals surface area contributed by atoms with Crippen LogP contribution in [0.5, 0.6) is 5.75 Å². The predicted molar refractivity (Wildman–Crippen MR) is 122 cm³/mol. The van der Waals surface area contributed by atoms with E-state index in [1.165, 1.54) is 28.4 Å². The number of amides is 1. The number of benzene rings is 2. The van der Waals surface area contributed by atoms with Gasteiger partial charge in [-0.2, -0.15) is 0 Å². The van der Waals surface area contributed by atoms with Crippen LogP contribution < -0.4 is 9.64 Å². The number of thiazole rings is 1. The number of carbonyl (C=O) groups is 1. The highest BCUT2D eigenvalue weighted by Gasteiger charge is 2.25. The zero-order chi connectivity index (χ0) is 22.1. The minimum atomic E-state index is -0.355. The van der Waals surface area contributed by atoms with Crippen LogP contribution in [-0.2, 0) is 6.54 Å². The summed E-state index contributed by atoms with van der Waals surface area (Å²) < 4.78 is 25.9. The lowest BCUT2D eigenvalue weighted by atomic mass is 10.2. The van der Waals surface area contributed by atoms with Gasteiger partial charge in [0, 0.05) is 17.8 Å². The summed E-state index contributed by atoms with van der Waals surface area (Å²) in [5, 5.41) is 1.22. The summed E-state index contributed by atoms with van der Waals surface area (Å²) in [6, 6.07) is 15.3. The van der Waals surface area contributed by atoms with Crippen molar-refractivity contribution in [1.82, 2.24) is 9.97 Å². The Labute approximate surface area is 186 Å². The van der Waals surface area contributed by atoms with Crippen molar-refractivity contribution in [3.8, 4) is 5.75 Å². The molecule has 5 rings (SSSR count). The van der Waals surface area contributed by atoms with Crippen molar-refractivity contribution in [2.75, 3.05) is 11.5 Å². The number of aromatic nitrogens is 2. The van der Waals surface area contributed by atoms with Crippen LogP contribution in [0.15, 0.2) is 71.4 Å². The van der Waals surface area contributed by atoms with Gasteiger partial charge in [-0.25, -0.2) is 9.37 Å². The van der Waals surface area contributed by atoms with Crippen molar-refractivity contribution in [3.05, 3.63) is 84.1 Å². The van der Waals surface area contributed by atoms with Crippen LogP contribution in [0.25, 0.3) is 21.2 Å². The summed E-state index contributed by atoms with van der Waals surface area (Å²) in [5.74, 6) is 0.0467. The van der Waals surface area contributed by atoms with Crippen LogP contribution in [0.1, 0.15) is 23.0 Å². The lowest BCUT2D eigenvalue weighted by Gasteiger charge is -2.18. The van der Waals surface area contributed by atoms with E-state index in [4.69, 9.17) is 9.15 Å². The Morgan fingerprint density at radius 1 is 1.19 bits per heavy atom. The Morgan fingerprint density at radius 2 is 2.09 bits per heavy atom. The molecule has 3 aromatic heterocycles. The molecule has 0 fully saturated rings. The molecule has 6 nitrogen and oxygen atoms in total. The maximum Gasteiger partial charge on any atom is 0.296 e. The number of pyridine rings is 1. The monoisotopic (exact) mass is 447 g/mol. The van der Waals surface area contributed by atoms with Crippen LogP contribution in [0.3, 0.4) is 0 Å². The first-order chi connectivity index (χ1) is 15.6. The molecule has 0 atom stereocenters. The van der Waals surface area contributed by atoms with Crippen molar-refractivity contribution in [2.24, 2.45) is 0 Å². The number of carbonyl (C=O) groups excluding carboxylic acids is 1. The third-order valence-electron chi connectivity index (χ3n) is 4.90. The smallest absolute Gasteiger partial charge is 0.296 e. The number of rotatable bonds is 6. The van der Waals surface area contributed by atoms with Gasteiger partial charge in [-0.1, -0.05) is 29.5 Å². The molecule has 0 N–H and O–H groups in total. The number of furan rings is 1. The minimum Gasteiger partial charge on any atom is -0.490 e. The topological polar surface area (TPSA) is 68.5 Å². The minimum absolute atomic E-state index is 0.168. The van der Waals surface area contributed by atoms with Gasteiger partial charge >= 0.3 is 0 Å². The first-order valence-electron chi connectivity index (χ1n) is 10.0. The third kappa shape index (κ3) is 3.80. The molecule has 0 saturated carbocycles. The average molecular weight is 447 g/mol. The fourth-order valence-corrected chi connectivity index (χ4v) is 4.43.